The van der Waals surface area contributed by atoms with Gasteiger partial charge in [0.25, 0.3) is 0 Å². The molecule has 2 atom stereocenters. The van der Waals surface area contributed by atoms with Crippen molar-refractivity contribution in [2.75, 3.05) is 26.9 Å². The molecule has 0 radical (unpaired) electrons. The lowest BCUT2D eigenvalue weighted by molar-refractivity contribution is -0.0556. The number of morpholine rings is 1. The minimum atomic E-state index is 0.364. The van der Waals surface area contributed by atoms with E-state index in [1.165, 1.54) is 12.8 Å². The maximum Gasteiger partial charge on any atom is 0.119 e. The molecule has 0 N–H and O–H groups in total. The monoisotopic (exact) mass is 325 g/mol. The van der Waals surface area contributed by atoms with E-state index >= 15 is 0 Å². The van der Waals surface area contributed by atoms with E-state index in [0.29, 0.717) is 18.7 Å². The molecule has 1 aliphatic carbocycles. The van der Waals surface area contributed by atoms with E-state index in [1.807, 2.05) is 24.3 Å². The topological polar surface area (TPSA) is 21.7 Å². The van der Waals surface area contributed by atoms with Gasteiger partial charge in [-0.3, -0.25) is 4.90 Å². The van der Waals surface area contributed by atoms with Crippen LogP contribution in [0.3, 0.4) is 0 Å². The second-order valence-electron chi connectivity index (χ2n) is 5.53. The molecule has 0 aromatic heterocycles. The Bertz CT molecular complexity index is 419. The average molecular weight is 326 g/mol. The molecule has 1 saturated heterocycles. The second-order valence-corrected chi connectivity index (χ2v) is 6.44. The molecule has 0 amide bonds. The summed E-state index contributed by atoms with van der Waals surface area (Å²) in [5.41, 5.74) is 0. The molecule has 1 saturated carbocycles. The lowest BCUT2D eigenvalue weighted by Crippen LogP contribution is -2.53. The van der Waals surface area contributed by atoms with Gasteiger partial charge in [0.1, 0.15) is 12.4 Å². The van der Waals surface area contributed by atoms with Crippen LogP contribution >= 0.6 is 15.9 Å². The van der Waals surface area contributed by atoms with E-state index in [9.17, 15) is 0 Å². The number of likely N-dealkylation sites (N-methyl/N-ethyl adjacent to an activating group) is 1. The Balaban J connectivity index is 1.55. The van der Waals surface area contributed by atoms with Gasteiger partial charge >= 0.3 is 0 Å². The Morgan fingerprint density at radius 2 is 2.00 bits per heavy atom. The van der Waals surface area contributed by atoms with Gasteiger partial charge in [-0.2, -0.15) is 0 Å². The number of hydrogen-bond acceptors (Lipinski definition) is 3. The van der Waals surface area contributed by atoms with Crippen molar-refractivity contribution in [2.45, 2.75) is 24.9 Å². The zero-order valence-corrected chi connectivity index (χ0v) is 12.8. The average Bonchev–Trinajstić information content (AvgIpc) is 3.24. The molecule has 3 rings (SSSR count). The number of nitrogens with zero attached hydrogens (tertiary/aromatic N) is 1. The fraction of sp³-hybridized carbons (Fsp3) is 0.600. The summed E-state index contributed by atoms with van der Waals surface area (Å²) in [6.07, 6.45) is 2.72. The molecule has 0 bridgehead atoms. The van der Waals surface area contributed by atoms with Gasteiger partial charge in [0.05, 0.1) is 19.3 Å². The van der Waals surface area contributed by atoms with Crippen LogP contribution in [-0.2, 0) is 4.74 Å². The number of ether oxygens (including phenoxy) is 2. The van der Waals surface area contributed by atoms with Crippen LogP contribution in [0.15, 0.2) is 28.7 Å². The molecule has 1 unspecified atom stereocenters. The van der Waals surface area contributed by atoms with E-state index < -0.39 is 0 Å². The van der Waals surface area contributed by atoms with E-state index in [2.05, 4.69) is 27.9 Å². The summed E-state index contributed by atoms with van der Waals surface area (Å²) in [7, 11) is 2.21. The van der Waals surface area contributed by atoms with E-state index in [-0.39, 0.29) is 0 Å². The minimum Gasteiger partial charge on any atom is -0.492 e. The van der Waals surface area contributed by atoms with Crippen molar-refractivity contribution in [3.05, 3.63) is 28.7 Å². The van der Waals surface area contributed by atoms with Gasteiger partial charge < -0.3 is 9.47 Å². The molecule has 1 aromatic carbocycles. The van der Waals surface area contributed by atoms with Crippen molar-refractivity contribution in [3.8, 4) is 5.75 Å². The van der Waals surface area contributed by atoms with Gasteiger partial charge in [-0.1, -0.05) is 15.9 Å². The molecule has 1 aromatic rings. The first-order chi connectivity index (χ1) is 9.24. The molecular formula is C15H20BrNO2. The molecule has 19 heavy (non-hydrogen) atoms. The normalized spacial score (nSPS) is 28.3. The van der Waals surface area contributed by atoms with Crippen LogP contribution in [0.5, 0.6) is 5.75 Å². The van der Waals surface area contributed by atoms with Crippen LogP contribution < -0.4 is 4.74 Å². The predicted molar refractivity (Wildman–Crippen MR) is 78.5 cm³/mol. The van der Waals surface area contributed by atoms with Crippen molar-refractivity contribution < 1.29 is 9.47 Å². The van der Waals surface area contributed by atoms with Crippen molar-refractivity contribution in [2.24, 2.45) is 5.92 Å². The Labute approximate surface area is 123 Å². The predicted octanol–water partition coefficient (Wildman–Crippen LogP) is 2.94. The highest BCUT2D eigenvalue weighted by Crippen LogP contribution is 2.37. The minimum absolute atomic E-state index is 0.364. The van der Waals surface area contributed by atoms with Crippen molar-refractivity contribution in [3.63, 3.8) is 0 Å². The molecule has 4 heteroatoms. The van der Waals surface area contributed by atoms with Gasteiger partial charge in [-0.25, -0.2) is 0 Å². The Hall–Kier alpha value is -0.580. The molecule has 2 fully saturated rings. The number of rotatable bonds is 4. The maximum atomic E-state index is 5.88. The summed E-state index contributed by atoms with van der Waals surface area (Å²) in [4.78, 5) is 2.46. The number of benzene rings is 1. The van der Waals surface area contributed by atoms with Crippen LogP contribution in [0.2, 0.25) is 0 Å². The van der Waals surface area contributed by atoms with E-state index in [4.69, 9.17) is 9.47 Å². The summed E-state index contributed by atoms with van der Waals surface area (Å²) in [5.74, 6) is 1.77. The van der Waals surface area contributed by atoms with E-state index in [1.54, 1.807) is 0 Å². The Morgan fingerprint density at radius 3 is 2.68 bits per heavy atom. The van der Waals surface area contributed by atoms with Crippen LogP contribution in [0, 0.1) is 5.92 Å². The summed E-state index contributed by atoms with van der Waals surface area (Å²) < 4.78 is 12.7. The SMILES string of the molecule is CN1C(C2CC2)COC[C@H]1COc1ccc(Br)cc1. The van der Waals surface area contributed by atoms with Crippen LogP contribution in [0.4, 0.5) is 0 Å². The molecule has 0 spiro atoms. The zero-order valence-electron chi connectivity index (χ0n) is 11.2. The fourth-order valence-electron chi connectivity index (χ4n) is 2.67. The fourth-order valence-corrected chi connectivity index (χ4v) is 2.93. The van der Waals surface area contributed by atoms with Crippen LogP contribution in [0.1, 0.15) is 12.8 Å². The third-order valence-electron chi connectivity index (χ3n) is 4.12. The molecule has 3 nitrogen and oxygen atoms in total. The zero-order chi connectivity index (χ0) is 13.2. The second kappa shape index (κ2) is 5.81. The third-order valence-corrected chi connectivity index (χ3v) is 4.65. The lowest BCUT2D eigenvalue weighted by Gasteiger charge is -2.39. The lowest BCUT2D eigenvalue weighted by atomic mass is 10.1. The highest BCUT2D eigenvalue weighted by atomic mass is 79.9. The molecule has 104 valence electrons. The largest absolute Gasteiger partial charge is 0.492 e. The molecule has 2 aliphatic rings. The van der Waals surface area contributed by atoms with Gasteiger partial charge in [-0.15, -0.1) is 0 Å². The third kappa shape index (κ3) is 3.30. The van der Waals surface area contributed by atoms with Gasteiger partial charge in [0.15, 0.2) is 0 Å². The highest BCUT2D eigenvalue weighted by molar-refractivity contribution is 9.10. The van der Waals surface area contributed by atoms with Gasteiger partial charge in [-0.05, 0) is 50.1 Å². The summed E-state index contributed by atoms with van der Waals surface area (Å²) in [6, 6.07) is 8.95. The van der Waals surface area contributed by atoms with Gasteiger partial charge in [0, 0.05) is 10.5 Å². The molecule has 1 aliphatic heterocycles. The quantitative estimate of drug-likeness (QED) is 0.849. The maximum absolute atomic E-state index is 5.88. The Morgan fingerprint density at radius 1 is 1.26 bits per heavy atom. The van der Waals surface area contributed by atoms with Gasteiger partial charge in [0.2, 0.25) is 0 Å². The van der Waals surface area contributed by atoms with Crippen LogP contribution in [-0.4, -0.2) is 43.9 Å². The van der Waals surface area contributed by atoms with Crippen LogP contribution in [0.25, 0.3) is 0 Å². The smallest absolute Gasteiger partial charge is 0.119 e. The highest BCUT2D eigenvalue weighted by Gasteiger charge is 2.39. The first-order valence-electron chi connectivity index (χ1n) is 6.92. The summed E-state index contributed by atoms with van der Waals surface area (Å²) in [5, 5.41) is 0. The standard InChI is InChI=1S/C15H20BrNO2/c1-17-13(8-18-10-15(17)11-2-3-11)9-19-14-6-4-12(16)5-7-14/h4-7,11,13,15H,2-3,8-10H2,1H3/t13-,15?/m0/s1. The first kappa shape index (κ1) is 13.4. The Kier molecular flexibility index (Phi) is 4.10. The van der Waals surface area contributed by atoms with E-state index in [0.717, 1.165) is 29.4 Å². The van der Waals surface area contributed by atoms with Crippen molar-refractivity contribution in [1.29, 1.82) is 0 Å². The van der Waals surface area contributed by atoms with Crippen molar-refractivity contribution >= 4 is 15.9 Å². The summed E-state index contributed by atoms with van der Waals surface area (Å²) in [6.45, 7) is 2.35. The molecule has 1 heterocycles. The number of halogens is 1. The molecular weight excluding hydrogens is 306 g/mol. The first-order valence-corrected chi connectivity index (χ1v) is 7.71. The van der Waals surface area contributed by atoms with Crippen molar-refractivity contribution in [1.82, 2.24) is 4.90 Å². The summed E-state index contributed by atoms with van der Waals surface area (Å²) >= 11 is 3.43. The number of hydrogen-bond donors (Lipinski definition) is 0.